The molecule has 1 heterocycles. The highest BCUT2D eigenvalue weighted by Gasteiger charge is 2.11. The Hall–Kier alpha value is -1.02. The second-order valence-corrected chi connectivity index (χ2v) is 3.57. The van der Waals surface area contributed by atoms with Crippen LogP contribution in [0.25, 0.3) is 0 Å². The smallest absolute Gasteiger partial charge is 0.0463 e. The maximum atomic E-state index is 3.70. The Morgan fingerprint density at radius 2 is 2.29 bits per heavy atom. The number of unbranched alkanes of at least 4 members (excludes halogenated alkanes) is 2. The van der Waals surface area contributed by atoms with E-state index in [1.54, 1.807) is 0 Å². The van der Waals surface area contributed by atoms with Gasteiger partial charge < -0.3 is 5.43 Å². The lowest BCUT2D eigenvalue weighted by Gasteiger charge is -2.18. The third-order valence-electron chi connectivity index (χ3n) is 2.35. The monoisotopic (exact) mass is 192 g/mol. The summed E-state index contributed by atoms with van der Waals surface area (Å²) in [5.74, 6) is 0. The van der Waals surface area contributed by atoms with Gasteiger partial charge in [0.25, 0.3) is 0 Å². The average Bonchev–Trinajstić information content (AvgIpc) is 2.58. The van der Waals surface area contributed by atoms with Gasteiger partial charge in [0.2, 0.25) is 0 Å². The second-order valence-electron chi connectivity index (χ2n) is 3.57. The normalized spacial score (nSPS) is 21.6. The standard InChI is InChI=1S/C12H20N2/c1-3-4-5-6-7-8-11-14-12(2)9-10-13-14/h3,7-10,12-13H,1,4-6,11H2,2H3. The topological polar surface area (TPSA) is 15.3 Å². The molecule has 0 aromatic carbocycles. The van der Waals surface area contributed by atoms with Crippen molar-refractivity contribution in [1.29, 1.82) is 0 Å². The predicted octanol–water partition coefficient (Wildman–Crippen LogP) is 2.62. The van der Waals surface area contributed by atoms with Gasteiger partial charge in [0.1, 0.15) is 0 Å². The van der Waals surface area contributed by atoms with E-state index in [-0.39, 0.29) is 0 Å². The summed E-state index contributed by atoms with van der Waals surface area (Å²) in [4.78, 5) is 0. The molecular formula is C12H20N2. The van der Waals surface area contributed by atoms with E-state index in [1.807, 2.05) is 12.3 Å². The van der Waals surface area contributed by atoms with Crippen LogP contribution in [0.4, 0.5) is 0 Å². The van der Waals surface area contributed by atoms with Crippen molar-refractivity contribution < 1.29 is 0 Å². The molecule has 1 atom stereocenters. The van der Waals surface area contributed by atoms with Gasteiger partial charge in [0.05, 0.1) is 0 Å². The molecule has 0 saturated heterocycles. The molecule has 1 aliphatic heterocycles. The third-order valence-corrected chi connectivity index (χ3v) is 2.35. The molecule has 1 unspecified atom stereocenters. The molecule has 0 bridgehead atoms. The molecule has 0 spiro atoms. The van der Waals surface area contributed by atoms with E-state index >= 15 is 0 Å². The molecule has 1 rings (SSSR count). The molecule has 1 N–H and O–H groups in total. The molecule has 1 aliphatic rings. The van der Waals surface area contributed by atoms with Crippen LogP contribution < -0.4 is 5.43 Å². The van der Waals surface area contributed by atoms with Crippen LogP contribution in [0, 0.1) is 0 Å². The van der Waals surface area contributed by atoms with Crippen molar-refractivity contribution in [3.05, 3.63) is 37.1 Å². The lowest BCUT2D eigenvalue weighted by molar-refractivity contribution is 0.237. The number of nitrogens with one attached hydrogen (secondary N) is 1. The molecule has 2 nitrogen and oxygen atoms in total. The molecule has 0 aromatic heterocycles. The van der Waals surface area contributed by atoms with Crippen LogP contribution in [0.15, 0.2) is 37.1 Å². The van der Waals surface area contributed by atoms with Gasteiger partial charge in [-0.05, 0) is 32.3 Å². The molecular weight excluding hydrogens is 172 g/mol. The molecule has 0 radical (unpaired) electrons. The summed E-state index contributed by atoms with van der Waals surface area (Å²) in [5, 5.41) is 2.20. The fraction of sp³-hybridized carbons (Fsp3) is 0.500. The van der Waals surface area contributed by atoms with E-state index in [9.17, 15) is 0 Å². The summed E-state index contributed by atoms with van der Waals surface area (Å²) in [7, 11) is 0. The van der Waals surface area contributed by atoms with Crippen molar-refractivity contribution in [2.45, 2.75) is 32.2 Å². The summed E-state index contributed by atoms with van der Waals surface area (Å²) in [6.07, 6.45) is 14.1. The molecule has 0 fully saturated rings. The number of hydrogen-bond donors (Lipinski definition) is 1. The first kappa shape index (κ1) is 11.1. The maximum Gasteiger partial charge on any atom is 0.0463 e. The van der Waals surface area contributed by atoms with Crippen molar-refractivity contribution in [2.75, 3.05) is 6.54 Å². The second kappa shape index (κ2) is 6.44. The van der Waals surface area contributed by atoms with Crippen molar-refractivity contribution >= 4 is 0 Å². The minimum Gasteiger partial charge on any atom is -0.326 e. The number of rotatable bonds is 6. The highest BCUT2D eigenvalue weighted by molar-refractivity contribution is 4.98. The Labute approximate surface area is 87.0 Å². The van der Waals surface area contributed by atoms with Crippen LogP contribution in [-0.2, 0) is 0 Å². The number of nitrogens with zero attached hydrogens (tertiary/aromatic N) is 1. The molecule has 0 aromatic rings. The van der Waals surface area contributed by atoms with Gasteiger partial charge in [-0.3, -0.25) is 0 Å². The van der Waals surface area contributed by atoms with Gasteiger partial charge in [-0.2, -0.15) is 0 Å². The van der Waals surface area contributed by atoms with Gasteiger partial charge in [-0.1, -0.05) is 18.2 Å². The maximum absolute atomic E-state index is 3.70. The lowest BCUT2D eigenvalue weighted by Crippen LogP contribution is -2.35. The Morgan fingerprint density at radius 3 is 2.93 bits per heavy atom. The van der Waals surface area contributed by atoms with Gasteiger partial charge in [0.15, 0.2) is 0 Å². The minimum atomic E-state index is 0.507. The molecule has 0 aliphatic carbocycles. The first-order valence-corrected chi connectivity index (χ1v) is 5.30. The fourth-order valence-electron chi connectivity index (χ4n) is 1.40. The van der Waals surface area contributed by atoms with E-state index in [1.165, 1.54) is 6.42 Å². The summed E-state index contributed by atoms with van der Waals surface area (Å²) in [6, 6.07) is 0.507. The highest BCUT2D eigenvalue weighted by Crippen LogP contribution is 2.03. The molecule has 0 amide bonds. The number of hydrazine groups is 1. The Bertz CT molecular complexity index is 218. The Balaban J connectivity index is 2.05. The van der Waals surface area contributed by atoms with Crippen molar-refractivity contribution in [2.24, 2.45) is 0 Å². The van der Waals surface area contributed by atoms with Crippen molar-refractivity contribution in [1.82, 2.24) is 10.4 Å². The van der Waals surface area contributed by atoms with E-state index in [0.29, 0.717) is 6.04 Å². The summed E-state index contributed by atoms with van der Waals surface area (Å²) in [6.45, 7) is 6.86. The number of hydrogen-bond acceptors (Lipinski definition) is 2. The van der Waals surface area contributed by atoms with Crippen LogP contribution in [-0.4, -0.2) is 17.6 Å². The van der Waals surface area contributed by atoms with Crippen LogP contribution in [0.1, 0.15) is 26.2 Å². The summed E-state index contributed by atoms with van der Waals surface area (Å²) < 4.78 is 0. The van der Waals surface area contributed by atoms with Crippen LogP contribution in [0.3, 0.4) is 0 Å². The molecule has 2 heteroatoms. The van der Waals surface area contributed by atoms with Gasteiger partial charge in [0, 0.05) is 18.8 Å². The van der Waals surface area contributed by atoms with Crippen LogP contribution in [0.2, 0.25) is 0 Å². The van der Waals surface area contributed by atoms with Gasteiger partial charge in [-0.25, -0.2) is 5.01 Å². The molecule has 14 heavy (non-hydrogen) atoms. The van der Waals surface area contributed by atoms with E-state index in [4.69, 9.17) is 0 Å². The minimum absolute atomic E-state index is 0.507. The fourth-order valence-corrected chi connectivity index (χ4v) is 1.40. The average molecular weight is 192 g/mol. The van der Waals surface area contributed by atoms with Crippen molar-refractivity contribution in [3.63, 3.8) is 0 Å². The zero-order valence-corrected chi connectivity index (χ0v) is 8.95. The Morgan fingerprint density at radius 1 is 1.43 bits per heavy atom. The third kappa shape index (κ3) is 3.79. The van der Waals surface area contributed by atoms with Gasteiger partial charge >= 0.3 is 0 Å². The summed E-state index contributed by atoms with van der Waals surface area (Å²) >= 11 is 0. The van der Waals surface area contributed by atoms with Crippen LogP contribution >= 0.6 is 0 Å². The first-order valence-electron chi connectivity index (χ1n) is 5.30. The van der Waals surface area contributed by atoms with E-state index in [0.717, 1.165) is 19.4 Å². The highest BCUT2D eigenvalue weighted by atomic mass is 15.5. The molecule has 0 saturated carbocycles. The largest absolute Gasteiger partial charge is 0.326 e. The van der Waals surface area contributed by atoms with E-state index in [2.05, 4.69) is 42.2 Å². The zero-order valence-electron chi connectivity index (χ0n) is 8.95. The van der Waals surface area contributed by atoms with Crippen molar-refractivity contribution in [3.8, 4) is 0 Å². The lowest BCUT2D eigenvalue weighted by atomic mass is 10.2. The zero-order chi connectivity index (χ0) is 10.2. The van der Waals surface area contributed by atoms with Crippen LogP contribution in [0.5, 0.6) is 0 Å². The Kier molecular flexibility index (Phi) is 5.08. The molecule has 78 valence electrons. The van der Waals surface area contributed by atoms with Gasteiger partial charge in [-0.15, -0.1) is 6.58 Å². The first-order chi connectivity index (χ1) is 6.84. The quantitative estimate of drug-likeness (QED) is 0.514. The predicted molar refractivity (Wildman–Crippen MR) is 61.6 cm³/mol. The summed E-state index contributed by atoms with van der Waals surface area (Å²) in [5.41, 5.74) is 3.19. The number of allylic oxidation sites excluding steroid dienone is 2. The van der Waals surface area contributed by atoms with E-state index < -0.39 is 0 Å². The SMILES string of the molecule is C=CCCCC=CCN1NC=CC1C.